The fourth-order valence-corrected chi connectivity index (χ4v) is 2.89. The lowest BCUT2D eigenvalue weighted by Gasteiger charge is -2.23. The van der Waals surface area contributed by atoms with E-state index in [1.807, 2.05) is 25.2 Å². The number of ether oxygens (including phenoxy) is 2. The van der Waals surface area contributed by atoms with Gasteiger partial charge in [0.25, 0.3) is 5.91 Å². The van der Waals surface area contributed by atoms with Crippen molar-refractivity contribution < 1.29 is 32.3 Å². The van der Waals surface area contributed by atoms with Gasteiger partial charge in [-0.2, -0.15) is 13.2 Å². The van der Waals surface area contributed by atoms with E-state index in [0.29, 0.717) is 36.9 Å². The molecule has 0 fully saturated rings. The van der Waals surface area contributed by atoms with Gasteiger partial charge in [0.05, 0.1) is 12.6 Å². The van der Waals surface area contributed by atoms with E-state index in [0.717, 1.165) is 22.6 Å². The molecule has 0 aromatic heterocycles. The van der Waals surface area contributed by atoms with Crippen molar-refractivity contribution in [2.45, 2.75) is 25.7 Å². The van der Waals surface area contributed by atoms with Crippen LogP contribution in [0.15, 0.2) is 42.5 Å². The number of halogens is 3. The van der Waals surface area contributed by atoms with Crippen LogP contribution in [-0.2, 0) is 17.5 Å². The average molecular weight is 395 g/mol. The van der Waals surface area contributed by atoms with Gasteiger partial charge in [-0.3, -0.25) is 4.79 Å². The van der Waals surface area contributed by atoms with Gasteiger partial charge in [-0.15, -0.1) is 0 Å². The highest BCUT2D eigenvalue weighted by Crippen LogP contribution is 2.31. The summed E-state index contributed by atoms with van der Waals surface area (Å²) in [4.78, 5) is 13.4. The molecule has 1 heterocycles. The molecule has 8 heteroatoms. The summed E-state index contributed by atoms with van der Waals surface area (Å²) in [5, 5.41) is 2.67. The molecule has 150 valence electrons. The lowest BCUT2D eigenvalue weighted by molar-refractivity contribution is -0.907. The first-order chi connectivity index (χ1) is 13.2. The van der Waals surface area contributed by atoms with Gasteiger partial charge in [0.2, 0.25) is 0 Å². The van der Waals surface area contributed by atoms with E-state index in [4.69, 9.17) is 9.47 Å². The molecule has 0 bridgehead atoms. The zero-order chi connectivity index (χ0) is 20.3. The number of likely N-dealkylation sites (N-methyl/N-ethyl adjacent to an activating group) is 1. The minimum atomic E-state index is -4.40. The Morgan fingerprint density at radius 1 is 1.11 bits per heavy atom. The number of rotatable bonds is 5. The Kier molecular flexibility index (Phi) is 5.79. The molecular weight excluding hydrogens is 373 g/mol. The Morgan fingerprint density at radius 2 is 1.75 bits per heavy atom. The van der Waals surface area contributed by atoms with E-state index in [1.54, 1.807) is 6.92 Å². The van der Waals surface area contributed by atoms with Crippen molar-refractivity contribution in [1.82, 2.24) is 0 Å². The predicted molar refractivity (Wildman–Crippen MR) is 97.6 cm³/mol. The minimum Gasteiger partial charge on any atom is -0.486 e. The number of quaternary nitrogens is 1. The van der Waals surface area contributed by atoms with Crippen molar-refractivity contribution in [1.29, 1.82) is 0 Å². The van der Waals surface area contributed by atoms with Crippen molar-refractivity contribution in [3.8, 4) is 11.5 Å². The van der Waals surface area contributed by atoms with Gasteiger partial charge in [0.15, 0.2) is 17.5 Å². The maximum Gasteiger partial charge on any atom is 0.416 e. The van der Waals surface area contributed by atoms with Gasteiger partial charge in [0, 0.05) is 11.3 Å². The molecule has 28 heavy (non-hydrogen) atoms. The minimum absolute atomic E-state index is 0.269. The molecule has 1 amide bonds. The number of hydrogen-bond acceptors (Lipinski definition) is 3. The summed E-state index contributed by atoms with van der Waals surface area (Å²) in [5.41, 5.74) is 0.577. The topological polar surface area (TPSA) is 52.0 Å². The van der Waals surface area contributed by atoms with Crippen LogP contribution in [0.5, 0.6) is 11.5 Å². The van der Waals surface area contributed by atoms with Gasteiger partial charge >= 0.3 is 6.18 Å². The van der Waals surface area contributed by atoms with Crippen LogP contribution in [0.2, 0.25) is 0 Å². The SMILES string of the molecule is C[C@H](C(=O)Nc1ccc(C(F)(F)F)cc1)[NH+](C)Cc1ccc2c(c1)OCCO2. The summed E-state index contributed by atoms with van der Waals surface area (Å²) in [5.74, 6) is 1.13. The molecule has 1 aliphatic heterocycles. The summed E-state index contributed by atoms with van der Waals surface area (Å²) >= 11 is 0. The Morgan fingerprint density at radius 3 is 2.39 bits per heavy atom. The van der Waals surface area contributed by atoms with E-state index >= 15 is 0 Å². The molecule has 1 aliphatic rings. The number of hydrogen-bond donors (Lipinski definition) is 2. The highest BCUT2D eigenvalue weighted by molar-refractivity contribution is 5.93. The van der Waals surface area contributed by atoms with Gasteiger partial charge in [-0.05, 0) is 49.4 Å². The van der Waals surface area contributed by atoms with Crippen LogP contribution in [0.1, 0.15) is 18.1 Å². The van der Waals surface area contributed by atoms with Gasteiger partial charge in [-0.1, -0.05) is 0 Å². The third kappa shape index (κ3) is 4.75. The fraction of sp³-hybridized carbons (Fsp3) is 0.350. The van der Waals surface area contributed by atoms with E-state index in [2.05, 4.69) is 5.32 Å². The maximum absolute atomic E-state index is 12.6. The molecule has 0 spiro atoms. The first kappa shape index (κ1) is 20.0. The molecule has 2 aromatic carbocycles. The standard InChI is InChI=1S/C20H21F3N2O3/c1-13(19(26)24-16-6-4-15(5-7-16)20(21,22)23)25(2)12-14-3-8-17-18(11-14)28-10-9-27-17/h3-8,11,13H,9-10,12H2,1-2H3,(H,24,26)/p+1/t13-/m1/s1. The van der Waals surface area contributed by atoms with Crippen LogP contribution in [0.4, 0.5) is 18.9 Å². The lowest BCUT2D eigenvalue weighted by Crippen LogP contribution is -3.12. The predicted octanol–water partition coefficient (Wildman–Crippen LogP) is 2.52. The fourth-order valence-electron chi connectivity index (χ4n) is 2.89. The molecule has 0 aliphatic carbocycles. The molecule has 0 saturated heterocycles. The summed E-state index contributed by atoms with van der Waals surface area (Å²) in [6, 6.07) is 9.68. The Balaban J connectivity index is 1.59. The summed E-state index contributed by atoms with van der Waals surface area (Å²) in [7, 11) is 1.88. The molecule has 0 saturated carbocycles. The largest absolute Gasteiger partial charge is 0.486 e. The molecule has 1 unspecified atom stereocenters. The quantitative estimate of drug-likeness (QED) is 0.818. The molecule has 3 rings (SSSR count). The van der Waals surface area contributed by atoms with Crippen LogP contribution in [0.25, 0.3) is 0 Å². The summed E-state index contributed by atoms with van der Waals surface area (Å²) < 4.78 is 48.9. The summed E-state index contributed by atoms with van der Waals surface area (Å²) in [6.07, 6.45) is -4.40. The van der Waals surface area contributed by atoms with E-state index in [-0.39, 0.29) is 5.91 Å². The normalized spacial score (nSPS) is 15.6. The number of alkyl halides is 3. The van der Waals surface area contributed by atoms with Crippen LogP contribution in [-0.4, -0.2) is 32.2 Å². The van der Waals surface area contributed by atoms with Crippen LogP contribution in [0, 0.1) is 0 Å². The Labute approximate surface area is 161 Å². The second-order valence-electron chi connectivity index (χ2n) is 6.79. The number of anilines is 1. The third-order valence-corrected chi connectivity index (χ3v) is 4.70. The van der Waals surface area contributed by atoms with Gasteiger partial charge in [-0.25, -0.2) is 0 Å². The molecule has 2 N–H and O–H groups in total. The van der Waals surface area contributed by atoms with Crippen molar-refractivity contribution in [2.24, 2.45) is 0 Å². The highest BCUT2D eigenvalue weighted by Gasteiger charge is 2.30. The first-order valence-electron chi connectivity index (χ1n) is 8.93. The van der Waals surface area contributed by atoms with Crippen LogP contribution >= 0.6 is 0 Å². The van der Waals surface area contributed by atoms with Crippen LogP contribution < -0.4 is 19.7 Å². The third-order valence-electron chi connectivity index (χ3n) is 4.70. The number of amides is 1. The molecule has 2 aromatic rings. The molecule has 0 radical (unpaired) electrons. The molecular formula is C20H22F3N2O3+. The number of fused-ring (bicyclic) bond motifs is 1. The van der Waals surface area contributed by atoms with E-state index < -0.39 is 17.8 Å². The highest BCUT2D eigenvalue weighted by atomic mass is 19.4. The van der Waals surface area contributed by atoms with Crippen molar-refractivity contribution in [3.05, 3.63) is 53.6 Å². The molecule has 2 atom stereocenters. The monoisotopic (exact) mass is 395 g/mol. The van der Waals surface area contributed by atoms with Crippen LogP contribution in [0.3, 0.4) is 0 Å². The first-order valence-corrected chi connectivity index (χ1v) is 8.93. The number of benzene rings is 2. The smallest absolute Gasteiger partial charge is 0.416 e. The summed E-state index contributed by atoms with van der Waals surface area (Å²) in [6.45, 7) is 3.38. The molecule has 5 nitrogen and oxygen atoms in total. The maximum atomic E-state index is 12.6. The van der Waals surface area contributed by atoms with Crippen molar-refractivity contribution in [2.75, 3.05) is 25.6 Å². The van der Waals surface area contributed by atoms with E-state index in [1.165, 1.54) is 12.1 Å². The Hall–Kier alpha value is -2.74. The Bertz CT molecular complexity index is 838. The van der Waals surface area contributed by atoms with E-state index in [9.17, 15) is 18.0 Å². The average Bonchev–Trinajstić information content (AvgIpc) is 2.67. The van der Waals surface area contributed by atoms with Gasteiger partial charge in [0.1, 0.15) is 19.8 Å². The number of carbonyl (C=O) groups excluding carboxylic acids is 1. The second kappa shape index (κ2) is 8.10. The van der Waals surface area contributed by atoms with Crippen molar-refractivity contribution >= 4 is 11.6 Å². The zero-order valence-electron chi connectivity index (χ0n) is 15.6. The van der Waals surface area contributed by atoms with Gasteiger partial charge < -0.3 is 19.7 Å². The number of carbonyl (C=O) groups is 1. The van der Waals surface area contributed by atoms with Crippen molar-refractivity contribution in [3.63, 3.8) is 0 Å². The second-order valence-corrected chi connectivity index (χ2v) is 6.79. The number of nitrogens with one attached hydrogen (secondary N) is 2. The zero-order valence-corrected chi connectivity index (χ0v) is 15.6. The lowest BCUT2D eigenvalue weighted by atomic mass is 10.1.